The summed E-state index contributed by atoms with van der Waals surface area (Å²) in [6.45, 7) is 12.9. The van der Waals surface area contributed by atoms with Crippen LogP contribution in [0.1, 0.15) is 139 Å². The maximum Gasteiger partial charge on any atom is 0.123 e. The average Bonchev–Trinajstić information content (AvgIpc) is 3.25. The van der Waals surface area contributed by atoms with Crippen molar-refractivity contribution >= 4 is 0 Å². The van der Waals surface area contributed by atoms with Crippen LogP contribution in [-0.4, -0.2) is 20.4 Å². The fraction of sp³-hybridized carbons (Fsp3) is 0.357. The molecular weight excluding hydrogens is 737 g/mol. The van der Waals surface area contributed by atoms with Crippen LogP contribution in [0.3, 0.4) is 0 Å². The quantitative estimate of drug-likeness (QED) is 0.135. The Morgan fingerprint density at radius 2 is 0.650 bits per heavy atom. The zero-order chi connectivity index (χ0) is 42.7. The zero-order valence-electron chi connectivity index (χ0n) is 36.6. The second-order valence-electron chi connectivity index (χ2n) is 19.4. The smallest absolute Gasteiger partial charge is 0.123 e. The standard InChI is InChI=1S/C30H28O2.C26H36O2/c31-28-16-14-24(20-26(28)22-10-4-1-5-11-22)30(18-8-3-9-19-30)25-15-17-29(32)27(21-25)23-12-6-2-7-13-23;1-24(2,3)20-16-18(10-12-22(20)27)26(14-8-7-9-15-26)19-11-13-23(28)21(17-19)25(4,5)6/h1-2,4-7,10-17,20-21,31-32H,3,8-9,18-19H2;10-13,16-17,27-28H,7-9,14-15H2,1-6H3. The summed E-state index contributed by atoms with van der Waals surface area (Å²) in [4.78, 5) is 0. The van der Waals surface area contributed by atoms with Crippen molar-refractivity contribution in [3.05, 3.63) is 167 Å². The average molecular weight is 801 g/mol. The van der Waals surface area contributed by atoms with Gasteiger partial charge in [-0.05, 0) is 117 Å². The molecule has 0 saturated heterocycles. The van der Waals surface area contributed by atoms with E-state index >= 15 is 0 Å². The maximum atomic E-state index is 10.6. The van der Waals surface area contributed by atoms with Crippen LogP contribution in [0.2, 0.25) is 0 Å². The summed E-state index contributed by atoms with van der Waals surface area (Å²) in [5, 5.41) is 42.2. The van der Waals surface area contributed by atoms with E-state index in [1.807, 2.05) is 84.9 Å². The molecule has 0 aromatic heterocycles. The van der Waals surface area contributed by atoms with Crippen molar-refractivity contribution in [2.45, 2.75) is 127 Å². The normalized spacial score (nSPS) is 16.4. The van der Waals surface area contributed by atoms with E-state index in [0.29, 0.717) is 23.0 Å². The molecule has 4 nitrogen and oxygen atoms in total. The highest BCUT2D eigenvalue weighted by Crippen LogP contribution is 2.50. The van der Waals surface area contributed by atoms with Crippen molar-refractivity contribution in [2.75, 3.05) is 0 Å². The predicted molar refractivity (Wildman–Crippen MR) is 248 cm³/mol. The minimum Gasteiger partial charge on any atom is -0.508 e. The van der Waals surface area contributed by atoms with Crippen LogP contribution < -0.4 is 0 Å². The van der Waals surface area contributed by atoms with E-state index in [1.54, 1.807) is 0 Å². The Hall–Kier alpha value is -5.48. The van der Waals surface area contributed by atoms with Crippen LogP contribution in [0.15, 0.2) is 133 Å². The first-order valence-corrected chi connectivity index (χ1v) is 22.1. The number of aromatic hydroxyl groups is 4. The highest BCUT2D eigenvalue weighted by Gasteiger charge is 2.39. The third-order valence-corrected chi connectivity index (χ3v) is 13.4. The summed E-state index contributed by atoms with van der Waals surface area (Å²) < 4.78 is 0. The molecule has 2 saturated carbocycles. The molecule has 0 atom stereocenters. The largest absolute Gasteiger partial charge is 0.508 e. The summed E-state index contributed by atoms with van der Waals surface area (Å²) in [6, 6.07) is 44.8. The highest BCUT2D eigenvalue weighted by atomic mass is 16.3. The Morgan fingerprint density at radius 1 is 0.350 bits per heavy atom. The van der Waals surface area contributed by atoms with Gasteiger partial charge in [0.25, 0.3) is 0 Å². The molecule has 0 radical (unpaired) electrons. The summed E-state index contributed by atoms with van der Waals surface area (Å²) in [6.07, 6.45) is 11.6. The first-order chi connectivity index (χ1) is 28.6. The molecule has 4 heteroatoms. The molecule has 0 heterocycles. The Morgan fingerprint density at radius 3 is 0.967 bits per heavy atom. The number of benzene rings is 6. The lowest BCUT2D eigenvalue weighted by Crippen LogP contribution is -2.31. The monoisotopic (exact) mass is 800 g/mol. The SMILES string of the molecule is CC(C)(C)c1cc(C2(c3ccc(O)c(C(C)(C)C)c3)CCCCC2)ccc1O.Oc1ccc(C2(c3ccc(O)c(-c4ccccc4)c3)CCCCC2)cc1-c1ccccc1. The van der Waals surface area contributed by atoms with Crippen molar-refractivity contribution < 1.29 is 20.4 Å². The Labute approximate surface area is 358 Å². The van der Waals surface area contributed by atoms with Crippen molar-refractivity contribution in [2.24, 2.45) is 0 Å². The number of phenolic OH excluding ortho intramolecular Hbond substituents is 4. The highest BCUT2D eigenvalue weighted by molar-refractivity contribution is 5.73. The van der Waals surface area contributed by atoms with E-state index < -0.39 is 0 Å². The number of rotatable bonds is 6. The zero-order valence-corrected chi connectivity index (χ0v) is 36.6. The van der Waals surface area contributed by atoms with Crippen LogP contribution >= 0.6 is 0 Å². The first-order valence-electron chi connectivity index (χ1n) is 22.1. The van der Waals surface area contributed by atoms with Gasteiger partial charge in [0, 0.05) is 22.0 Å². The van der Waals surface area contributed by atoms with Crippen molar-refractivity contribution in [1.82, 2.24) is 0 Å². The molecule has 8 rings (SSSR count). The topological polar surface area (TPSA) is 80.9 Å². The van der Waals surface area contributed by atoms with Crippen LogP contribution in [0.5, 0.6) is 23.0 Å². The molecule has 2 aliphatic rings. The van der Waals surface area contributed by atoms with Gasteiger partial charge in [-0.1, -0.05) is 177 Å². The van der Waals surface area contributed by atoms with Gasteiger partial charge >= 0.3 is 0 Å². The fourth-order valence-electron chi connectivity index (χ4n) is 10.0. The predicted octanol–water partition coefficient (Wildman–Crippen LogP) is 14.6. The van der Waals surface area contributed by atoms with Gasteiger partial charge in [-0.15, -0.1) is 0 Å². The van der Waals surface area contributed by atoms with Crippen LogP contribution in [0.25, 0.3) is 22.3 Å². The molecule has 6 aromatic carbocycles. The number of hydrogen-bond acceptors (Lipinski definition) is 4. The van der Waals surface area contributed by atoms with Crippen molar-refractivity contribution in [3.63, 3.8) is 0 Å². The van der Waals surface area contributed by atoms with Crippen LogP contribution in [0, 0.1) is 0 Å². The second kappa shape index (κ2) is 17.2. The van der Waals surface area contributed by atoms with Crippen molar-refractivity contribution in [3.8, 4) is 45.3 Å². The lowest BCUT2D eigenvalue weighted by atomic mass is 9.64. The lowest BCUT2D eigenvalue weighted by molar-refractivity contribution is 0.343. The number of phenols is 4. The molecule has 4 N–H and O–H groups in total. The van der Waals surface area contributed by atoms with Gasteiger partial charge in [0.1, 0.15) is 23.0 Å². The first kappa shape index (κ1) is 42.6. The van der Waals surface area contributed by atoms with Crippen LogP contribution in [-0.2, 0) is 21.7 Å². The molecule has 0 aliphatic heterocycles. The van der Waals surface area contributed by atoms with E-state index in [-0.39, 0.29) is 21.7 Å². The summed E-state index contributed by atoms with van der Waals surface area (Å²) in [7, 11) is 0. The molecule has 60 heavy (non-hydrogen) atoms. The third-order valence-electron chi connectivity index (χ3n) is 13.4. The van der Waals surface area contributed by atoms with Gasteiger partial charge < -0.3 is 20.4 Å². The lowest BCUT2D eigenvalue weighted by Gasteiger charge is -2.40. The molecule has 0 amide bonds. The molecule has 2 aliphatic carbocycles. The number of hydrogen-bond donors (Lipinski definition) is 4. The van der Waals surface area contributed by atoms with E-state index in [1.165, 1.54) is 60.8 Å². The summed E-state index contributed by atoms with van der Waals surface area (Å²) in [5.41, 5.74) is 10.4. The van der Waals surface area contributed by atoms with Gasteiger partial charge in [-0.3, -0.25) is 0 Å². The molecular formula is C56H64O4. The molecule has 2 fully saturated rings. The van der Waals surface area contributed by atoms with E-state index in [2.05, 4.69) is 90.1 Å². The van der Waals surface area contributed by atoms with Gasteiger partial charge in [0.2, 0.25) is 0 Å². The minimum absolute atomic E-state index is 0.0559. The van der Waals surface area contributed by atoms with E-state index in [4.69, 9.17) is 0 Å². The van der Waals surface area contributed by atoms with Crippen LogP contribution in [0.4, 0.5) is 0 Å². The minimum atomic E-state index is -0.132. The van der Waals surface area contributed by atoms with Gasteiger partial charge in [-0.25, -0.2) is 0 Å². The molecule has 0 unspecified atom stereocenters. The molecule has 312 valence electrons. The van der Waals surface area contributed by atoms with E-state index in [0.717, 1.165) is 59.1 Å². The van der Waals surface area contributed by atoms with Gasteiger partial charge in [0.15, 0.2) is 0 Å². The van der Waals surface area contributed by atoms with Gasteiger partial charge in [0.05, 0.1) is 0 Å². The Balaban J connectivity index is 0.000000183. The summed E-state index contributed by atoms with van der Waals surface area (Å²) >= 11 is 0. The molecule has 0 bridgehead atoms. The maximum absolute atomic E-state index is 10.6. The Bertz CT molecular complexity index is 2230. The third kappa shape index (κ3) is 8.71. The van der Waals surface area contributed by atoms with Crippen molar-refractivity contribution in [1.29, 1.82) is 0 Å². The Kier molecular flexibility index (Phi) is 12.3. The summed E-state index contributed by atoms with van der Waals surface area (Å²) in [5.74, 6) is 1.37. The molecule has 6 aromatic rings. The fourth-order valence-corrected chi connectivity index (χ4v) is 10.0. The molecule has 0 spiro atoms. The van der Waals surface area contributed by atoms with E-state index in [9.17, 15) is 20.4 Å². The van der Waals surface area contributed by atoms with Gasteiger partial charge in [-0.2, -0.15) is 0 Å². The second-order valence-corrected chi connectivity index (χ2v) is 19.4.